The molecule has 0 aromatic heterocycles. The van der Waals surface area contributed by atoms with Gasteiger partial charge in [-0.25, -0.2) is 0 Å². The van der Waals surface area contributed by atoms with E-state index in [1.54, 1.807) is 0 Å². The van der Waals surface area contributed by atoms with Crippen LogP contribution in [0.4, 0.5) is 0 Å². The molecular formula is C67H108O6. The van der Waals surface area contributed by atoms with Crippen LogP contribution in [0.5, 0.6) is 0 Å². The summed E-state index contributed by atoms with van der Waals surface area (Å²) in [5, 5.41) is 0. The van der Waals surface area contributed by atoms with E-state index >= 15 is 0 Å². The van der Waals surface area contributed by atoms with E-state index < -0.39 is 6.10 Å². The second kappa shape index (κ2) is 60.1. The molecule has 0 aliphatic rings. The second-order valence-corrected chi connectivity index (χ2v) is 19.1. The standard InChI is InChI=1S/C67H108O6/c1-4-7-10-13-15-17-19-21-23-25-27-29-30-31-32-33-34-35-36-38-39-41-43-45-47-49-51-54-57-60-66(69)72-63-64(62-71-65(68)59-56-53-12-9-6-3)73-67(70)61-58-55-52-50-48-46-44-42-40-37-28-26-24-22-20-18-16-14-11-8-5-2/h7-8,10-11,15-18,21-24,27-29,31-32,34-35,37,42,44,64H,4-6,9,12-14,19-20,25-26,30,33,36,38-41,43,45-63H2,1-3H3/b10-7-,11-8-,17-15-,18-16-,23-21-,24-22-,29-27-,32-31-,35-34-,37-28-,44-42-. The predicted molar refractivity (Wildman–Crippen MR) is 316 cm³/mol. The van der Waals surface area contributed by atoms with Gasteiger partial charge in [0.1, 0.15) is 13.2 Å². The van der Waals surface area contributed by atoms with Crippen LogP contribution in [0.2, 0.25) is 0 Å². The number of rotatable bonds is 52. The van der Waals surface area contributed by atoms with Gasteiger partial charge in [-0.15, -0.1) is 0 Å². The third-order valence-corrected chi connectivity index (χ3v) is 12.2. The Morgan fingerprint density at radius 2 is 0.534 bits per heavy atom. The van der Waals surface area contributed by atoms with E-state index in [9.17, 15) is 14.4 Å². The maximum Gasteiger partial charge on any atom is 0.306 e. The Balaban J connectivity index is 4.14. The molecule has 0 radical (unpaired) electrons. The van der Waals surface area contributed by atoms with Crippen LogP contribution in [-0.2, 0) is 28.6 Å². The van der Waals surface area contributed by atoms with Crippen molar-refractivity contribution in [2.24, 2.45) is 0 Å². The van der Waals surface area contributed by atoms with Gasteiger partial charge in [0.15, 0.2) is 6.10 Å². The summed E-state index contributed by atoms with van der Waals surface area (Å²) in [6, 6.07) is 0. The molecule has 0 rings (SSSR count). The van der Waals surface area contributed by atoms with E-state index in [2.05, 4.69) is 154 Å². The van der Waals surface area contributed by atoms with Gasteiger partial charge in [-0.3, -0.25) is 14.4 Å². The fourth-order valence-electron chi connectivity index (χ4n) is 7.77. The first-order valence-corrected chi connectivity index (χ1v) is 29.7. The van der Waals surface area contributed by atoms with E-state index in [0.717, 1.165) is 161 Å². The Kier molecular flexibility index (Phi) is 56.4. The first-order chi connectivity index (χ1) is 36.0. The van der Waals surface area contributed by atoms with Crippen LogP contribution in [0.25, 0.3) is 0 Å². The quantitative estimate of drug-likeness (QED) is 0.0261. The van der Waals surface area contributed by atoms with E-state index in [-0.39, 0.29) is 31.1 Å². The Labute approximate surface area is 449 Å². The molecule has 0 aromatic rings. The third-order valence-electron chi connectivity index (χ3n) is 12.2. The maximum atomic E-state index is 12.8. The molecule has 6 nitrogen and oxygen atoms in total. The summed E-state index contributed by atoms with van der Waals surface area (Å²) in [6.07, 6.45) is 84.9. The van der Waals surface area contributed by atoms with Gasteiger partial charge in [0, 0.05) is 19.3 Å². The van der Waals surface area contributed by atoms with E-state index in [4.69, 9.17) is 14.2 Å². The number of ether oxygens (including phenoxy) is 3. The lowest BCUT2D eigenvalue weighted by Crippen LogP contribution is -2.30. The molecule has 0 saturated carbocycles. The zero-order valence-corrected chi connectivity index (χ0v) is 47.1. The van der Waals surface area contributed by atoms with Crippen molar-refractivity contribution in [2.45, 2.75) is 258 Å². The Morgan fingerprint density at radius 3 is 0.836 bits per heavy atom. The first-order valence-electron chi connectivity index (χ1n) is 29.7. The smallest absolute Gasteiger partial charge is 0.306 e. The van der Waals surface area contributed by atoms with Crippen molar-refractivity contribution in [2.75, 3.05) is 13.2 Å². The Morgan fingerprint density at radius 1 is 0.288 bits per heavy atom. The molecule has 0 aliphatic carbocycles. The van der Waals surface area contributed by atoms with Crippen molar-refractivity contribution >= 4 is 17.9 Å². The summed E-state index contributed by atoms with van der Waals surface area (Å²) in [5.74, 6) is -0.932. The number of hydrogen-bond acceptors (Lipinski definition) is 6. The molecule has 1 unspecified atom stereocenters. The average Bonchev–Trinajstić information content (AvgIpc) is 3.39. The van der Waals surface area contributed by atoms with Crippen molar-refractivity contribution in [1.29, 1.82) is 0 Å². The van der Waals surface area contributed by atoms with Gasteiger partial charge in [-0.1, -0.05) is 251 Å². The van der Waals surface area contributed by atoms with Gasteiger partial charge in [0.25, 0.3) is 0 Å². The highest BCUT2D eigenvalue weighted by Crippen LogP contribution is 2.14. The third kappa shape index (κ3) is 58.3. The number of carbonyl (C=O) groups excluding carboxylic acids is 3. The van der Waals surface area contributed by atoms with Crippen LogP contribution in [0, 0.1) is 0 Å². The van der Waals surface area contributed by atoms with Crippen molar-refractivity contribution < 1.29 is 28.6 Å². The van der Waals surface area contributed by atoms with Gasteiger partial charge in [-0.05, 0) is 116 Å². The van der Waals surface area contributed by atoms with Gasteiger partial charge in [-0.2, -0.15) is 0 Å². The van der Waals surface area contributed by atoms with Gasteiger partial charge in [0.05, 0.1) is 0 Å². The summed E-state index contributed by atoms with van der Waals surface area (Å²) in [7, 11) is 0. The molecule has 0 aliphatic heterocycles. The molecule has 73 heavy (non-hydrogen) atoms. The minimum absolute atomic E-state index is 0.0912. The molecule has 1 atom stereocenters. The van der Waals surface area contributed by atoms with Gasteiger partial charge >= 0.3 is 17.9 Å². The molecular weight excluding hydrogens is 901 g/mol. The zero-order chi connectivity index (χ0) is 52.9. The summed E-state index contributed by atoms with van der Waals surface area (Å²) < 4.78 is 16.7. The SMILES string of the molecule is CC/C=C\C/C=C\C/C=C\C/C=C\C/C=C\C/C=C\CCCCCCCCCCCCC(=O)OCC(COC(=O)CCCCCCC)OC(=O)CCCCCCC/C=C\C/C=C\C/C=C\C/C=C\C/C=C\CC. The highest BCUT2D eigenvalue weighted by Gasteiger charge is 2.19. The highest BCUT2D eigenvalue weighted by atomic mass is 16.6. The van der Waals surface area contributed by atoms with Crippen LogP contribution in [0.3, 0.4) is 0 Å². The first kappa shape index (κ1) is 68.6. The number of carbonyl (C=O) groups is 3. The molecule has 412 valence electrons. The van der Waals surface area contributed by atoms with Crippen molar-refractivity contribution in [3.8, 4) is 0 Å². The van der Waals surface area contributed by atoms with Crippen LogP contribution in [-0.4, -0.2) is 37.2 Å². The molecule has 0 amide bonds. The lowest BCUT2D eigenvalue weighted by Gasteiger charge is -2.18. The molecule has 0 aromatic carbocycles. The van der Waals surface area contributed by atoms with Crippen LogP contribution in [0.1, 0.15) is 252 Å². The monoisotopic (exact) mass is 1010 g/mol. The molecule has 0 spiro atoms. The fraction of sp³-hybridized carbons (Fsp3) is 0.627. The molecule has 0 heterocycles. The van der Waals surface area contributed by atoms with Crippen molar-refractivity contribution in [3.63, 3.8) is 0 Å². The Hall–Kier alpha value is -4.45. The largest absolute Gasteiger partial charge is 0.462 e. The van der Waals surface area contributed by atoms with E-state index in [0.29, 0.717) is 19.3 Å². The van der Waals surface area contributed by atoms with Crippen LogP contribution < -0.4 is 0 Å². The number of unbranched alkanes of at least 4 members (excludes halogenated alkanes) is 19. The average molecular weight is 1010 g/mol. The number of esters is 3. The summed E-state index contributed by atoms with van der Waals surface area (Å²) in [4.78, 5) is 37.9. The van der Waals surface area contributed by atoms with Gasteiger partial charge < -0.3 is 14.2 Å². The number of allylic oxidation sites excluding steroid dienone is 22. The van der Waals surface area contributed by atoms with Crippen molar-refractivity contribution in [1.82, 2.24) is 0 Å². The maximum absolute atomic E-state index is 12.8. The van der Waals surface area contributed by atoms with E-state index in [1.807, 2.05) is 0 Å². The second-order valence-electron chi connectivity index (χ2n) is 19.1. The van der Waals surface area contributed by atoms with E-state index in [1.165, 1.54) is 51.4 Å². The minimum atomic E-state index is -0.791. The lowest BCUT2D eigenvalue weighted by molar-refractivity contribution is -0.167. The normalized spacial score (nSPS) is 13.1. The Bertz CT molecular complexity index is 1580. The van der Waals surface area contributed by atoms with Crippen molar-refractivity contribution in [3.05, 3.63) is 134 Å². The zero-order valence-electron chi connectivity index (χ0n) is 47.1. The predicted octanol–water partition coefficient (Wildman–Crippen LogP) is 20.2. The van der Waals surface area contributed by atoms with Crippen LogP contribution >= 0.6 is 0 Å². The molecule has 0 bridgehead atoms. The topological polar surface area (TPSA) is 78.9 Å². The fourth-order valence-corrected chi connectivity index (χ4v) is 7.77. The molecule has 0 fully saturated rings. The molecule has 6 heteroatoms. The number of hydrogen-bond donors (Lipinski definition) is 0. The molecule has 0 N–H and O–H groups in total. The lowest BCUT2D eigenvalue weighted by atomic mass is 10.1. The molecule has 0 saturated heterocycles. The van der Waals surface area contributed by atoms with Crippen LogP contribution in [0.15, 0.2) is 134 Å². The van der Waals surface area contributed by atoms with Gasteiger partial charge in [0.2, 0.25) is 0 Å². The summed E-state index contributed by atoms with van der Waals surface area (Å²) >= 11 is 0. The summed E-state index contributed by atoms with van der Waals surface area (Å²) in [6.45, 7) is 6.30. The highest BCUT2D eigenvalue weighted by molar-refractivity contribution is 5.71. The minimum Gasteiger partial charge on any atom is -0.462 e. The summed E-state index contributed by atoms with van der Waals surface area (Å²) in [5.41, 5.74) is 0.